The highest BCUT2D eigenvalue weighted by molar-refractivity contribution is 5.67. The number of halogens is 1. The van der Waals surface area contributed by atoms with Crippen molar-refractivity contribution in [2.75, 3.05) is 0 Å². The van der Waals surface area contributed by atoms with Crippen LogP contribution in [0, 0.1) is 5.82 Å². The number of aromatic nitrogens is 6. The minimum absolute atomic E-state index is 0.245. The molecule has 0 saturated heterocycles. The molecule has 0 radical (unpaired) electrons. The molecule has 0 fully saturated rings. The summed E-state index contributed by atoms with van der Waals surface area (Å²) in [5.74, 6) is -0.245. The summed E-state index contributed by atoms with van der Waals surface area (Å²) in [6.07, 6.45) is 5.70. The van der Waals surface area contributed by atoms with Gasteiger partial charge in [0.15, 0.2) is 0 Å². The van der Waals surface area contributed by atoms with Crippen molar-refractivity contribution >= 4 is 0 Å². The maximum Gasteiger partial charge on any atom is 0.123 e. The van der Waals surface area contributed by atoms with Crippen molar-refractivity contribution in [2.45, 2.75) is 6.42 Å². The van der Waals surface area contributed by atoms with Crippen LogP contribution in [0.1, 0.15) is 11.3 Å². The average molecular weight is 320 g/mol. The molecule has 2 N–H and O–H groups in total. The minimum Gasteiger partial charge on any atom is -0.348 e. The topological polar surface area (TPSA) is 83.1 Å². The van der Waals surface area contributed by atoms with E-state index in [1.54, 1.807) is 30.9 Å². The highest BCUT2D eigenvalue weighted by Crippen LogP contribution is 2.24. The van der Waals surface area contributed by atoms with E-state index in [9.17, 15) is 4.39 Å². The Morgan fingerprint density at radius 3 is 2.67 bits per heavy atom. The lowest BCUT2D eigenvalue weighted by Gasteiger charge is -2.04. The van der Waals surface area contributed by atoms with Gasteiger partial charge < -0.3 is 4.98 Å². The fourth-order valence-electron chi connectivity index (χ4n) is 2.54. The van der Waals surface area contributed by atoms with Gasteiger partial charge in [0.2, 0.25) is 0 Å². The second-order valence-corrected chi connectivity index (χ2v) is 5.32. The van der Waals surface area contributed by atoms with Gasteiger partial charge in [-0.25, -0.2) is 9.37 Å². The van der Waals surface area contributed by atoms with Gasteiger partial charge in [-0.1, -0.05) is 17.3 Å². The largest absolute Gasteiger partial charge is 0.348 e. The van der Waals surface area contributed by atoms with Gasteiger partial charge in [-0.15, -0.1) is 5.10 Å². The molecule has 4 rings (SSSR count). The maximum absolute atomic E-state index is 13.0. The Labute approximate surface area is 136 Å². The van der Waals surface area contributed by atoms with Crippen LogP contribution in [0.15, 0.2) is 55.1 Å². The van der Waals surface area contributed by atoms with E-state index in [1.807, 2.05) is 12.1 Å². The summed E-state index contributed by atoms with van der Waals surface area (Å²) >= 11 is 0. The summed E-state index contributed by atoms with van der Waals surface area (Å²) in [5, 5.41) is 10.4. The van der Waals surface area contributed by atoms with E-state index in [-0.39, 0.29) is 5.82 Å². The lowest BCUT2D eigenvalue weighted by molar-refractivity contribution is 0.627. The monoisotopic (exact) mass is 320 g/mol. The van der Waals surface area contributed by atoms with E-state index in [4.69, 9.17) is 0 Å². The number of nitrogens with one attached hydrogen (secondary N) is 2. The molecule has 0 aliphatic carbocycles. The van der Waals surface area contributed by atoms with Crippen LogP contribution in [0.5, 0.6) is 0 Å². The zero-order chi connectivity index (χ0) is 16.4. The first-order valence-electron chi connectivity index (χ1n) is 7.39. The van der Waals surface area contributed by atoms with Gasteiger partial charge in [0.05, 0.1) is 12.0 Å². The summed E-state index contributed by atoms with van der Waals surface area (Å²) in [5.41, 5.74) is 5.08. The second-order valence-electron chi connectivity index (χ2n) is 5.32. The van der Waals surface area contributed by atoms with Gasteiger partial charge in [0.1, 0.15) is 17.2 Å². The van der Waals surface area contributed by atoms with Crippen LogP contribution in [0.25, 0.3) is 22.6 Å². The highest BCUT2D eigenvalue weighted by atomic mass is 19.1. The molecule has 0 atom stereocenters. The maximum atomic E-state index is 13.0. The molecule has 0 aliphatic rings. The Balaban J connectivity index is 1.67. The number of H-pyrrole nitrogens is 2. The number of imidazole rings is 1. The first-order chi connectivity index (χ1) is 11.8. The third-order valence-corrected chi connectivity index (χ3v) is 3.73. The number of benzene rings is 1. The molecule has 7 heteroatoms. The van der Waals surface area contributed by atoms with Gasteiger partial charge >= 0.3 is 0 Å². The summed E-state index contributed by atoms with van der Waals surface area (Å²) in [4.78, 5) is 11.9. The summed E-state index contributed by atoms with van der Waals surface area (Å²) in [6, 6.07) is 10.2. The zero-order valence-corrected chi connectivity index (χ0v) is 12.6. The average Bonchev–Trinajstić information content (AvgIpc) is 3.29. The molecular weight excluding hydrogens is 307 g/mol. The lowest BCUT2D eigenvalue weighted by Crippen LogP contribution is -1.94. The lowest BCUT2D eigenvalue weighted by atomic mass is 10.1. The molecule has 3 heterocycles. The molecule has 0 aliphatic heterocycles. The smallest absolute Gasteiger partial charge is 0.123 e. The molecule has 6 nitrogen and oxygen atoms in total. The normalized spacial score (nSPS) is 10.9. The molecule has 3 aromatic heterocycles. The van der Waals surface area contributed by atoms with E-state index in [0.29, 0.717) is 6.42 Å². The van der Waals surface area contributed by atoms with Crippen LogP contribution in [0.4, 0.5) is 4.39 Å². The van der Waals surface area contributed by atoms with Crippen LogP contribution in [0.2, 0.25) is 0 Å². The van der Waals surface area contributed by atoms with Crippen molar-refractivity contribution in [3.05, 3.63) is 72.2 Å². The predicted molar refractivity (Wildman–Crippen MR) is 86.4 cm³/mol. The van der Waals surface area contributed by atoms with Crippen LogP contribution in [-0.2, 0) is 6.42 Å². The van der Waals surface area contributed by atoms with E-state index >= 15 is 0 Å². The number of aromatic amines is 2. The van der Waals surface area contributed by atoms with Gasteiger partial charge in [-0.2, -0.15) is 0 Å². The fraction of sp³-hybridized carbons (Fsp3) is 0.0588. The van der Waals surface area contributed by atoms with Crippen molar-refractivity contribution in [3.63, 3.8) is 0 Å². The molecule has 4 aromatic rings. The van der Waals surface area contributed by atoms with Crippen LogP contribution in [-0.4, -0.2) is 30.4 Å². The van der Waals surface area contributed by atoms with Gasteiger partial charge in [0.25, 0.3) is 0 Å². The molecule has 1 aromatic carbocycles. The third kappa shape index (κ3) is 2.79. The van der Waals surface area contributed by atoms with Crippen molar-refractivity contribution in [2.24, 2.45) is 0 Å². The number of rotatable bonds is 4. The first-order valence-corrected chi connectivity index (χ1v) is 7.39. The second kappa shape index (κ2) is 6.04. The molecule has 0 amide bonds. The molecule has 0 bridgehead atoms. The molecule has 24 heavy (non-hydrogen) atoms. The van der Waals surface area contributed by atoms with Crippen LogP contribution >= 0.6 is 0 Å². The van der Waals surface area contributed by atoms with E-state index in [0.717, 1.165) is 33.9 Å². The van der Waals surface area contributed by atoms with Crippen LogP contribution < -0.4 is 0 Å². The molecule has 0 unspecified atom stereocenters. The van der Waals surface area contributed by atoms with Crippen LogP contribution in [0.3, 0.4) is 0 Å². The van der Waals surface area contributed by atoms with E-state index in [2.05, 4.69) is 30.4 Å². The highest BCUT2D eigenvalue weighted by Gasteiger charge is 2.12. The molecule has 0 spiro atoms. The Morgan fingerprint density at radius 1 is 1.00 bits per heavy atom. The van der Waals surface area contributed by atoms with Gasteiger partial charge in [-0.3, -0.25) is 10.1 Å². The fourth-order valence-corrected chi connectivity index (χ4v) is 2.54. The summed E-state index contributed by atoms with van der Waals surface area (Å²) in [7, 11) is 0. The van der Waals surface area contributed by atoms with Gasteiger partial charge in [0, 0.05) is 30.1 Å². The Bertz CT molecular complexity index is 943. The van der Waals surface area contributed by atoms with E-state index < -0.39 is 0 Å². The number of hydrogen-bond donors (Lipinski definition) is 2. The summed E-state index contributed by atoms with van der Waals surface area (Å²) < 4.78 is 13.0. The van der Waals surface area contributed by atoms with Crippen molar-refractivity contribution < 1.29 is 4.39 Å². The Kier molecular flexibility index (Phi) is 3.59. The quantitative estimate of drug-likeness (QED) is 0.605. The first kappa shape index (κ1) is 14.3. The predicted octanol–water partition coefficient (Wildman–Crippen LogP) is 2.99. The molecule has 118 valence electrons. The molecular formula is C17H13FN6. The molecule has 0 saturated carbocycles. The number of hydrogen-bond acceptors (Lipinski definition) is 4. The van der Waals surface area contributed by atoms with Crippen molar-refractivity contribution in [1.29, 1.82) is 0 Å². The third-order valence-electron chi connectivity index (χ3n) is 3.73. The summed E-state index contributed by atoms with van der Waals surface area (Å²) in [6.45, 7) is 0. The Hall–Kier alpha value is -3.35. The minimum atomic E-state index is -0.245. The SMILES string of the molecule is Fc1ccc(Cc2[nH]cnc2-c2cc(-c3c[nH]nn3)ccn2)cc1. The Morgan fingerprint density at radius 2 is 1.88 bits per heavy atom. The van der Waals surface area contributed by atoms with Crippen molar-refractivity contribution in [3.8, 4) is 22.6 Å². The number of pyridine rings is 1. The standard InChI is InChI=1S/C17H13FN6/c18-13-3-1-11(2-4-13)7-14-17(21-10-20-14)15-8-12(5-6-19-15)16-9-22-24-23-16/h1-6,8-10H,7H2,(H,20,21)(H,22,23,24). The number of nitrogens with zero attached hydrogens (tertiary/aromatic N) is 4. The van der Waals surface area contributed by atoms with Gasteiger partial charge in [-0.05, 0) is 29.8 Å². The van der Waals surface area contributed by atoms with Crippen molar-refractivity contribution in [1.82, 2.24) is 30.4 Å². The zero-order valence-electron chi connectivity index (χ0n) is 12.6. The van der Waals surface area contributed by atoms with E-state index in [1.165, 1.54) is 12.1 Å².